The van der Waals surface area contributed by atoms with Crippen LogP contribution in [0.5, 0.6) is 0 Å². The first-order chi connectivity index (χ1) is 11.1. The number of rotatable bonds is 4. The molecule has 1 saturated heterocycles. The summed E-state index contributed by atoms with van der Waals surface area (Å²) in [7, 11) is 0. The Bertz CT molecular complexity index is 656. The van der Waals surface area contributed by atoms with Gasteiger partial charge in [0.25, 0.3) is 0 Å². The first-order valence-corrected chi connectivity index (χ1v) is 7.99. The second-order valence-electron chi connectivity index (χ2n) is 5.50. The Balaban J connectivity index is 1.88. The van der Waals surface area contributed by atoms with Gasteiger partial charge in [-0.2, -0.15) is 4.98 Å². The van der Waals surface area contributed by atoms with E-state index in [1.54, 1.807) is 0 Å². The molecular weight excluding hydrogens is 314 g/mol. The summed E-state index contributed by atoms with van der Waals surface area (Å²) in [6.45, 7) is 4.85. The Hall–Kier alpha value is -1.89. The van der Waals surface area contributed by atoms with Crippen LogP contribution in [0.15, 0.2) is 30.3 Å². The average molecular weight is 334 g/mol. The first-order valence-electron chi connectivity index (χ1n) is 7.61. The van der Waals surface area contributed by atoms with E-state index in [1.807, 2.05) is 37.3 Å². The molecule has 0 spiro atoms. The SMILES string of the molecule is C[C@H](N)c1cc(Nc2ccc(Cl)cc2)nc(N2CCOCC2)n1. The number of nitrogens with zero attached hydrogens (tertiary/aromatic N) is 3. The van der Waals surface area contributed by atoms with Gasteiger partial charge in [0, 0.05) is 35.9 Å². The molecule has 0 amide bonds. The number of hydrogen-bond acceptors (Lipinski definition) is 6. The summed E-state index contributed by atoms with van der Waals surface area (Å²) in [4.78, 5) is 11.3. The van der Waals surface area contributed by atoms with E-state index in [0.29, 0.717) is 24.2 Å². The van der Waals surface area contributed by atoms with Crippen LogP contribution in [-0.4, -0.2) is 36.3 Å². The number of anilines is 3. The van der Waals surface area contributed by atoms with Crippen LogP contribution in [0.25, 0.3) is 0 Å². The van der Waals surface area contributed by atoms with Crippen LogP contribution in [0.1, 0.15) is 18.7 Å². The molecule has 1 aliphatic rings. The molecule has 23 heavy (non-hydrogen) atoms. The summed E-state index contributed by atoms with van der Waals surface area (Å²) in [6, 6.07) is 9.20. The molecule has 0 saturated carbocycles. The van der Waals surface area contributed by atoms with E-state index in [4.69, 9.17) is 22.1 Å². The van der Waals surface area contributed by atoms with E-state index >= 15 is 0 Å². The fourth-order valence-corrected chi connectivity index (χ4v) is 2.46. The summed E-state index contributed by atoms with van der Waals surface area (Å²) in [5, 5.41) is 3.98. The van der Waals surface area contributed by atoms with Crippen LogP contribution in [0.4, 0.5) is 17.5 Å². The van der Waals surface area contributed by atoms with Crippen molar-refractivity contribution in [1.29, 1.82) is 0 Å². The van der Waals surface area contributed by atoms with Gasteiger partial charge in [-0.1, -0.05) is 11.6 Å². The molecule has 1 aromatic carbocycles. The zero-order chi connectivity index (χ0) is 16.2. The highest BCUT2D eigenvalue weighted by Crippen LogP contribution is 2.22. The zero-order valence-electron chi connectivity index (χ0n) is 13.0. The maximum absolute atomic E-state index is 6.02. The molecule has 0 bridgehead atoms. The van der Waals surface area contributed by atoms with Gasteiger partial charge in [0.2, 0.25) is 5.95 Å². The highest BCUT2D eigenvalue weighted by molar-refractivity contribution is 6.30. The first kappa shape index (κ1) is 16.0. The van der Waals surface area contributed by atoms with Gasteiger partial charge in [-0.15, -0.1) is 0 Å². The van der Waals surface area contributed by atoms with E-state index in [0.717, 1.165) is 30.3 Å². The van der Waals surface area contributed by atoms with E-state index in [9.17, 15) is 0 Å². The molecule has 2 heterocycles. The lowest BCUT2D eigenvalue weighted by Crippen LogP contribution is -2.37. The van der Waals surface area contributed by atoms with Crippen molar-refractivity contribution in [2.45, 2.75) is 13.0 Å². The smallest absolute Gasteiger partial charge is 0.227 e. The predicted molar refractivity (Wildman–Crippen MR) is 92.4 cm³/mol. The number of halogens is 1. The van der Waals surface area contributed by atoms with Gasteiger partial charge in [-0.3, -0.25) is 0 Å². The average Bonchev–Trinajstić information content (AvgIpc) is 2.57. The van der Waals surface area contributed by atoms with Gasteiger partial charge < -0.3 is 20.7 Å². The summed E-state index contributed by atoms with van der Waals surface area (Å²) in [5.41, 5.74) is 7.73. The lowest BCUT2D eigenvalue weighted by molar-refractivity contribution is 0.122. The number of hydrogen-bond donors (Lipinski definition) is 2. The Kier molecular flexibility index (Phi) is 4.95. The monoisotopic (exact) mass is 333 g/mol. The minimum Gasteiger partial charge on any atom is -0.378 e. The van der Waals surface area contributed by atoms with Crippen molar-refractivity contribution in [2.24, 2.45) is 5.73 Å². The molecule has 1 aliphatic heterocycles. The number of aromatic nitrogens is 2. The fourth-order valence-electron chi connectivity index (χ4n) is 2.34. The highest BCUT2D eigenvalue weighted by atomic mass is 35.5. The zero-order valence-corrected chi connectivity index (χ0v) is 13.8. The Morgan fingerprint density at radius 3 is 2.57 bits per heavy atom. The molecule has 1 fully saturated rings. The number of nitrogens with one attached hydrogen (secondary N) is 1. The number of ether oxygens (including phenoxy) is 1. The van der Waals surface area contributed by atoms with Crippen molar-refractivity contribution in [3.63, 3.8) is 0 Å². The molecule has 2 aromatic rings. The van der Waals surface area contributed by atoms with Gasteiger partial charge in [0.05, 0.1) is 18.9 Å². The Morgan fingerprint density at radius 2 is 1.91 bits per heavy atom. The fraction of sp³-hybridized carbons (Fsp3) is 0.375. The molecule has 0 unspecified atom stereocenters. The van der Waals surface area contributed by atoms with Crippen molar-refractivity contribution in [3.8, 4) is 0 Å². The predicted octanol–water partition coefficient (Wildman–Crippen LogP) is 2.73. The molecular formula is C16H20ClN5O. The quantitative estimate of drug-likeness (QED) is 0.896. The van der Waals surface area contributed by atoms with Crippen LogP contribution < -0.4 is 16.0 Å². The van der Waals surface area contributed by atoms with Crippen molar-refractivity contribution in [2.75, 3.05) is 36.5 Å². The standard InChI is InChI=1S/C16H20ClN5O/c1-11(18)14-10-15(19-13-4-2-12(17)3-5-13)21-16(20-14)22-6-8-23-9-7-22/h2-5,10-11H,6-9,18H2,1H3,(H,19,20,21)/t11-/m0/s1. The minimum absolute atomic E-state index is 0.163. The Labute approximate surface area is 140 Å². The third kappa shape index (κ3) is 4.10. The largest absolute Gasteiger partial charge is 0.378 e. The van der Waals surface area contributed by atoms with Crippen LogP contribution in [-0.2, 0) is 4.74 Å². The van der Waals surface area contributed by atoms with Gasteiger partial charge in [-0.25, -0.2) is 4.98 Å². The van der Waals surface area contributed by atoms with Gasteiger partial charge in [0.15, 0.2) is 0 Å². The van der Waals surface area contributed by atoms with Gasteiger partial charge in [0.1, 0.15) is 5.82 Å². The van der Waals surface area contributed by atoms with E-state index in [2.05, 4.69) is 20.2 Å². The lowest BCUT2D eigenvalue weighted by atomic mass is 10.2. The second kappa shape index (κ2) is 7.12. The third-order valence-electron chi connectivity index (χ3n) is 3.61. The van der Waals surface area contributed by atoms with Gasteiger partial charge >= 0.3 is 0 Å². The second-order valence-corrected chi connectivity index (χ2v) is 5.93. The van der Waals surface area contributed by atoms with E-state index in [-0.39, 0.29) is 6.04 Å². The van der Waals surface area contributed by atoms with Crippen LogP contribution in [0.3, 0.4) is 0 Å². The molecule has 6 nitrogen and oxygen atoms in total. The van der Waals surface area contributed by atoms with Crippen molar-refractivity contribution >= 4 is 29.1 Å². The van der Waals surface area contributed by atoms with E-state index in [1.165, 1.54) is 0 Å². The molecule has 3 rings (SSSR count). The van der Waals surface area contributed by atoms with Gasteiger partial charge in [-0.05, 0) is 31.2 Å². The van der Waals surface area contributed by atoms with Crippen molar-refractivity contribution in [3.05, 3.63) is 41.0 Å². The normalized spacial score (nSPS) is 16.2. The molecule has 1 aromatic heterocycles. The number of morpholine rings is 1. The van der Waals surface area contributed by atoms with Crippen molar-refractivity contribution < 1.29 is 4.74 Å². The molecule has 122 valence electrons. The summed E-state index contributed by atoms with van der Waals surface area (Å²) in [6.07, 6.45) is 0. The topological polar surface area (TPSA) is 76.3 Å². The van der Waals surface area contributed by atoms with Crippen molar-refractivity contribution in [1.82, 2.24) is 9.97 Å². The summed E-state index contributed by atoms with van der Waals surface area (Å²) in [5.74, 6) is 1.40. The van der Waals surface area contributed by atoms with Crippen LogP contribution >= 0.6 is 11.6 Å². The van der Waals surface area contributed by atoms with E-state index < -0.39 is 0 Å². The Morgan fingerprint density at radius 1 is 1.22 bits per heavy atom. The number of nitrogens with two attached hydrogens (primary N) is 1. The highest BCUT2D eigenvalue weighted by Gasteiger charge is 2.16. The minimum atomic E-state index is -0.163. The molecule has 7 heteroatoms. The lowest BCUT2D eigenvalue weighted by Gasteiger charge is -2.27. The van der Waals surface area contributed by atoms with Crippen LogP contribution in [0.2, 0.25) is 5.02 Å². The molecule has 0 aliphatic carbocycles. The number of benzene rings is 1. The molecule has 1 atom stereocenters. The third-order valence-corrected chi connectivity index (χ3v) is 3.86. The maximum atomic E-state index is 6.02. The maximum Gasteiger partial charge on any atom is 0.227 e. The summed E-state index contributed by atoms with van der Waals surface area (Å²) < 4.78 is 5.39. The molecule has 0 radical (unpaired) electrons. The molecule has 3 N–H and O–H groups in total. The van der Waals surface area contributed by atoms with Crippen LogP contribution in [0, 0.1) is 0 Å². The summed E-state index contributed by atoms with van der Waals surface area (Å²) >= 11 is 5.92.